The molecule has 0 aromatic heterocycles. The molecular formula is C16H16F3NO3S. The number of hydrogen-bond acceptors (Lipinski definition) is 3. The number of hydrogen-bond donors (Lipinski definition) is 1. The highest BCUT2D eigenvalue weighted by atomic mass is 32.2. The van der Waals surface area contributed by atoms with Gasteiger partial charge in [0, 0.05) is 6.54 Å². The number of nitrogens with one attached hydrogen (secondary N) is 1. The molecule has 8 heteroatoms. The van der Waals surface area contributed by atoms with Crippen LogP contribution in [-0.4, -0.2) is 22.1 Å². The van der Waals surface area contributed by atoms with Gasteiger partial charge in [-0.05, 0) is 42.3 Å². The minimum Gasteiger partial charge on any atom is -0.496 e. The maximum atomic E-state index is 12.5. The Morgan fingerprint density at radius 2 is 1.67 bits per heavy atom. The molecular weight excluding hydrogens is 343 g/mol. The van der Waals surface area contributed by atoms with E-state index in [1.807, 2.05) is 12.1 Å². The van der Waals surface area contributed by atoms with Crippen LogP contribution in [0, 0.1) is 0 Å². The summed E-state index contributed by atoms with van der Waals surface area (Å²) >= 11 is 0. The third kappa shape index (κ3) is 4.48. The number of ether oxygens (including phenoxy) is 1. The van der Waals surface area contributed by atoms with Gasteiger partial charge in [0.05, 0.1) is 17.6 Å². The molecule has 0 atom stereocenters. The topological polar surface area (TPSA) is 55.4 Å². The molecule has 0 saturated carbocycles. The summed E-state index contributed by atoms with van der Waals surface area (Å²) in [5, 5.41) is 0. The molecule has 0 unspecified atom stereocenters. The van der Waals surface area contributed by atoms with Gasteiger partial charge in [-0.1, -0.05) is 18.2 Å². The molecule has 2 aromatic rings. The molecule has 0 aliphatic rings. The first kappa shape index (κ1) is 18.3. The number of halogens is 3. The zero-order valence-corrected chi connectivity index (χ0v) is 13.6. The number of benzene rings is 2. The smallest absolute Gasteiger partial charge is 0.416 e. The number of sulfonamides is 1. The first-order valence-electron chi connectivity index (χ1n) is 7.03. The summed E-state index contributed by atoms with van der Waals surface area (Å²) < 4.78 is 69.3. The number of para-hydroxylation sites is 1. The number of alkyl halides is 3. The van der Waals surface area contributed by atoms with Gasteiger partial charge < -0.3 is 4.74 Å². The lowest BCUT2D eigenvalue weighted by atomic mass is 10.1. The van der Waals surface area contributed by atoms with Crippen LogP contribution in [0.5, 0.6) is 5.75 Å². The minimum atomic E-state index is -4.50. The summed E-state index contributed by atoms with van der Waals surface area (Å²) in [5.41, 5.74) is -0.0643. The molecule has 0 aliphatic carbocycles. The van der Waals surface area contributed by atoms with Crippen LogP contribution in [0.3, 0.4) is 0 Å². The molecule has 2 rings (SSSR count). The van der Waals surface area contributed by atoms with Crippen LogP contribution in [0.25, 0.3) is 0 Å². The van der Waals surface area contributed by atoms with Crippen LogP contribution in [0.15, 0.2) is 53.4 Å². The van der Waals surface area contributed by atoms with E-state index in [4.69, 9.17) is 4.74 Å². The van der Waals surface area contributed by atoms with E-state index in [9.17, 15) is 21.6 Å². The van der Waals surface area contributed by atoms with Gasteiger partial charge in [-0.15, -0.1) is 0 Å². The SMILES string of the molecule is COc1ccccc1CCNS(=O)(=O)c1ccc(C(F)(F)F)cc1. The average Bonchev–Trinajstić information content (AvgIpc) is 2.54. The Morgan fingerprint density at radius 3 is 2.25 bits per heavy atom. The van der Waals surface area contributed by atoms with Crippen molar-refractivity contribution in [2.75, 3.05) is 13.7 Å². The highest BCUT2D eigenvalue weighted by Gasteiger charge is 2.30. The average molecular weight is 359 g/mol. The standard InChI is InChI=1S/C16H16F3NO3S/c1-23-15-5-3-2-4-12(15)10-11-20-24(21,22)14-8-6-13(7-9-14)16(17,18)19/h2-9,20H,10-11H2,1H3. The number of rotatable bonds is 6. The zero-order chi connectivity index (χ0) is 17.8. The van der Waals surface area contributed by atoms with Crippen LogP contribution in [0.4, 0.5) is 13.2 Å². The van der Waals surface area contributed by atoms with E-state index in [2.05, 4.69) is 4.72 Å². The van der Waals surface area contributed by atoms with Gasteiger partial charge >= 0.3 is 6.18 Å². The molecule has 4 nitrogen and oxygen atoms in total. The van der Waals surface area contributed by atoms with Crippen molar-refractivity contribution >= 4 is 10.0 Å². The van der Waals surface area contributed by atoms with Crippen molar-refractivity contribution in [3.05, 3.63) is 59.7 Å². The van der Waals surface area contributed by atoms with Crippen molar-refractivity contribution in [3.63, 3.8) is 0 Å². The van der Waals surface area contributed by atoms with Crippen LogP contribution in [0.1, 0.15) is 11.1 Å². The van der Waals surface area contributed by atoms with Crippen LogP contribution >= 0.6 is 0 Å². The first-order chi connectivity index (χ1) is 11.2. The first-order valence-corrected chi connectivity index (χ1v) is 8.51. The van der Waals surface area contributed by atoms with E-state index in [1.54, 1.807) is 12.1 Å². The van der Waals surface area contributed by atoms with Gasteiger partial charge in [0.1, 0.15) is 5.75 Å². The van der Waals surface area contributed by atoms with Gasteiger partial charge in [-0.2, -0.15) is 13.2 Å². The second-order valence-corrected chi connectivity index (χ2v) is 6.75. The maximum absolute atomic E-state index is 12.5. The van der Waals surface area contributed by atoms with Crippen molar-refractivity contribution in [3.8, 4) is 5.75 Å². The summed E-state index contributed by atoms with van der Waals surface area (Å²) in [7, 11) is -2.35. The lowest BCUT2D eigenvalue weighted by molar-refractivity contribution is -0.137. The molecule has 1 N–H and O–H groups in total. The molecule has 0 saturated heterocycles. The van der Waals surface area contributed by atoms with Gasteiger partial charge in [0.15, 0.2) is 0 Å². The molecule has 0 aliphatic heterocycles. The summed E-state index contributed by atoms with van der Waals surface area (Å²) in [6.07, 6.45) is -4.11. The highest BCUT2D eigenvalue weighted by Crippen LogP contribution is 2.29. The van der Waals surface area contributed by atoms with Crippen LogP contribution in [-0.2, 0) is 22.6 Å². The molecule has 0 heterocycles. The van der Waals surface area contributed by atoms with Crippen molar-refractivity contribution in [1.29, 1.82) is 0 Å². The zero-order valence-electron chi connectivity index (χ0n) is 12.8. The van der Waals surface area contributed by atoms with E-state index in [1.165, 1.54) is 7.11 Å². The van der Waals surface area contributed by atoms with Gasteiger partial charge in [0.25, 0.3) is 0 Å². The lowest BCUT2D eigenvalue weighted by Crippen LogP contribution is -2.26. The van der Waals surface area contributed by atoms with Crippen molar-refractivity contribution < 1.29 is 26.3 Å². The fourth-order valence-electron chi connectivity index (χ4n) is 2.14. The molecule has 130 valence electrons. The molecule has 24 heavy (non-hydrogen) atoms. The Morgan fingerprint density at radius 1 is 1.04 bits per heavy atom. The molecule has 0 radical (unpaired) electrons. The largest absolute Gasteiger partial charge is 0.496 e. The quantitative estimate of drug-likeness (QED) is 0.862. The molecule has 2 aromatic carbocycles. The Labute approximate surface area is 138 Å². The lowest BCUT2D eigenvalue weighted by Gasteiger charge is -2.11. The summed E-state index contributed by atoms with van der Waals surface area (Å²) in [5.74, 6) is 0.645. The third-order valence-electron chi connectivity index (χ3n) is 3.37. The van der Waals surface area contributed by atoms with Gasteiger partial charge in [-0.3, -0.25) is 0 Å². The van der Waals surface area contributed by atoms with Gasteiger partial charge in [0.2, 0.25) is 10.0 Å². The second-order valence-electron chi connectivity index (χ2n) is 4.98. The maximum Gasteiger partial charge on any atom is 0.416 e. The van der Waals surface area contributed by atoms with E-state index < -0.39 is 21.8 Å². The fourth-order valence-corrected chi connectivity index (χ4v) is 3.17. The van der Waals surface area contributed by atoms with E-state index in [0.717, 1.165) is 29.8 Å². The van der Waals surface area contributed by atoms with Crippen molar-refractivity contribution in [1.82, 2.24) is 4.72 Å². The van der Waals surface area contributed by atoms with E-state index in [0.29, 0.717) is 12.2 Å². The highest BCUT2D eigenvalue weighted by molar-refractivity contribution is 7.89. The van der Waals surface area contributed by atoms with Crippen molar-refractivity contribution in [2.45, 2.75) is 17.5 Å². The summed E-state index contributed by atoms with van der Waals surface area (Å²) in [4.78, 5) is -0.212. The van der Waals surface area contributed by atoms with E-state index in [-0.39, 0.29) is 11.4 Å². The van der Waals surface area contributed by atoms with Crippen LogP contribution in [0.2, 0.25) is 0 Å². The minimum absolute atomic E-state index is 0.101. The third-order valence-corrected chi connectivity index (χ3v) is 4.85. The predicted octanol–water partition coefficient (Wildman–Crippen LogP) is 3.24. The Hall–Kier alpha value is -2.06. The number of methoxy groups -OCH3 is 1. The monoisotopic (exact) mass is 359 g/mol. The normalized spacial score (nSPS) is 12.2. The van der Waals surface area contributed by atoms with Crippen LogP contribution < -0.4 is 9.46 Å². The van der Waals surface area contributed by atoms with Gasteiger partial charge in [-0.25, -0.2) is 13.1 Å². The Kier molecular flexibility index (Phi) is 5.51. The summed E-state index contributed by atoms with van der Waals surface area (Å²) in [6, 6.07) is 10.5. The fraction of sp³-hybridized carbons (Fsp3) is 0.250. The molecule has 0 bridgehead atoms. The summed E-state index contributed by atoms with van der Waals surface area (Å²) in [6.45, 7) is 0.101. The predicted molar refractivity (Wildman–Crippen MR) is 83.3 cm³/mol. The second kappa shape index (κ2) is 7.23. The Bertz CT molecular complexity index is 787. The Balaban J connectivity index is 2.03. The van der Waals surface area contributed by atoms with Crippen molar-refractivity contribution in [2.24, 2.45) is 0 Å². The molecule has 0 spiro atoms. The molecule has 0 amide bonds. The molecule has 0 fully saturated rings. The van der Waals surface area contributed by atoms with E-state index >= 15 is 0 Å².